The fraction of sp³-hybridized carbons (Fsp3) is 0.200. The molecule has 0 atom stereocenters. The number of carbonyl (C=O) groups is 1. The number of nitrogens with one attached hydrogen (secondary N) is 2. The number of hydrogen-bond acceptors (Lipinski definition) is 5. The monoisotopic (exact) mass is 399 g/mol. The summed E-state index contributed by atoms with van der Waals surface area (Å²) in [6, 6.07) is 17.4. The number of benzene rings is 2. The second kappa shape index (κ2) is 8.71. The van der Waals surface area contributed by atoms with Crippen LogP contribution in [-0.4, -0.2) is 19.5 Å². The number of hydrogen-bond donors (Lipinski definition) is 2. The molecule has 0 fully saturated rings. The SMILES string of the molecule is Cc1cc(NS(=O)(=O)c2ccc(NC(=O)CCCc3ccccc3)cc2)no1. The van der Waals surface area contributed by atoms with Gasteiger partial charge in [0, 0.05) is 18.2 Å². The fourth-order valence-corrected chi connectivity index (χ4v) is 3.63. The zero-order valence-corrected chi connectivity index (χ0v) is 16.2. The van der Waals surface area contributed by atoms with Crippen molar-refractivity contribution < 1.29 is 17.7 Å². The van der Waals surface area contributed by atoms with Crippen molar-refractivity contribution in [3.05, 3.63) is 72.0 Å². The predicted octanol–water partition coefficient (Wildman–Crippen LogP) is 3.75. The lowest BCUT2D eigenvalue weighted by molar-refractivity contribution is -0.116. The van der Waals surface area contributed by atoms with Crippen LogP contribution in [-0.2, 0) is 21.2 Å². The fourth-order valence-electron chi connectivity index (χ4n) is 2.65. The molecule has 0 spiro atoms. The van der Waals surface area contributed by atoms with Gasteiger partial charge in [-0.25, -0.2) is 8.42 Å². The minimum Gasteiger partial charge on any atom is -0.360 e. The molecule has 28 heavy (non-hydrogen) atoms. The van der Waals surface area contributed by atoms with Crippen molar-refractivity contribution in [2.75, 3.05) is 10.0 Å². The molecular weight excluding hydrogens is 378 g/mol. The van der Waals surface area contributed by atoms with Gasteiger partial charge in [0.25, 0.3) is 10.0 Å². The van der Waals surface area contributed by atoms with Crippen molar-refractivity contribution in [1.29, 1.82) is 0 Å². The number of nitrogens with zero attached hydrogens (tertiary/aromatic N) is 1. The lowest BCUT2D eigenvalue weighted by atomic mass is 10.1. The molecule has 8 heteroatoms. The van der Waals surface area contributed by atoms with Crippen molar-refractivity contribution in [2.45, 2.75) is 31.1 Å². The summed E-state index contributed by atoms with van der Waals surface area (Å²) in [6.45, 7) is 1.67. The van der Waals surface area contributed by atoms with Crippen LogP contribution in [0.15, 0.2) is 70.1 Å². The maximum absolute atomic E-state index is 12.3. The summed E-state index contributed by atoms with van der Waals surface area (Å²) < 4.78 is 31.9. The lowest BCUT2D eigenvalue weighted by Gasteiger charge is -2.08. The normalized spacial score (nSPS) is 11.2. The van der Waals surface area contributed by atoms with Gasteiger partial charge in [-0.05, 0) is 49.6 Å². The number of aromatic nitrogens is 1. The van der Waals surface area contributed by atoms with Gasteiger partial charge in [-0.1, -0.05) is 35.5 Å². The van der Waals surface area contributed by atoms with E-state index in [1.54, 1.807) is 19.1 Å². The molecule has 2 aromatic carbocycles. The van der Waals surface area contributed by atoms with Gasteiger partial charge < -0.3 is 9.84 Å². The van der Waals surface area contributed by atoms with Crippen LogP contribution >= 0.6 is 0 Å². The summed E-state index contributed by atoms with van der Waals surface area (Å²) in [6.07, 6.45) is 1.96. The summed E-state index contributed by atoms with van der Waals surface area (Å²) >= 11 is 0. The number of carbonyl (C=O) groups excluding carboxylic acids is 1. The maximum atomic E-state index is 12.3. The van der Waals surface area contributed by atoms with Crippen LogP contribution in [0.5, 0.6) is 0 Å². The van der Waals surface area contributed by atoms with E-state index in [0.717, 1.165) is 12.8 Å². The molecule has 3 aromatic rings. The summed E-state index contributed by atoms with van der Waals surface area (Å²) in [4.78, 5) is 12.1. The van der Waals surface area contributed by atoms with Gasteiger partial charge in [-0.2, -0.15) is 0 Å². The smallest absolute Gasteiger partial charge is 0.263 e. The minimum absolute atomic E-state index is 0.0650. The Hall–Kier alpha value is -3.13. The van der Waals surface area contributed by atoms with Gasteiger partial charge in [0.2, 0.25) is 5.91 Å². The van der Waals surface area contributed by atoms with Crippen LogP contribution in [0.2, 0.25) is 0 Å². The molecule has 0 aliphatic carbocycles. The number of anilines is 2. The van der Waals surface area contributed by atoms with Crippen LogP contribution in [0.1, 0.15) is 24.2 Å². The molecule has 0 radical (unpaired) electrons. The van der Waals surface area contributed by atoms with Crippen LogP contribution in [0.3, 0.4) is 0 Å². The molecule has 0 aliphatic heterocycles. The third kappa shape index (κ3) is 5.43. The number of sulfonamides is 1. The Bertz CT molecular complexity index is 1030. The molecule has 1 amide bonds. The molecule has 1 heterocycles. The molecule has 2 N–H and O–H groups in total. The third-order valence-corrected chi connectivity index (χ3v) is 5.40. The Kier molecular flexibility index (Phi) is 6.10. The highest BCUT2D eigenvalue weighted by molar-refractivity contribution is 7.92. The van der Waals surface area contributed by atoms with E-state index in [1.807, 2.05) is 30.3 Å². The second-order valence-corrected chi connectivity index (χ2v) is 8.02. The predicted molar refractivity (Wildman–Crippen MR) is 107 cm³/mol. The highest BCUT2D eigenvalue weighted by Gasteiger charge is 2.16. The van der Waals surface area contributed by atoms with Gasteiger partial charge in [0.1, 0.15) is 5.76 Å². The van der Waals surface area contributed by atoms with Crippen LogP contribution in [0, 0.1) is 6.92 Å². The number of amides is 1. The van der Waals surface area contributed by atoms with E-state index < -0.39 is 10.0 Å². The average Bonchev–Trinajstić information content (AvgIpc) is 3.07. The average molecular weight is 399 g/mol. The van der Waals surface area contributed by atoms with E-state index >= 15 is 0 Å². The molecule has 3 rings (SSSR count). The first-order valence-corrected chi connectivity index (χ1v) is 10.3. The van der Waals surface area contributed by atoms with Crippen LogP contribution in [0.4, 0.5) is 11.5 Å². The van der Waals surface area contributed by atoms with Gasteiger partial charge >= 0.3 is 0 Å². The Labute approximate surface area is 163 Å². The van der Waals surface area contributed by atoms with E-state index in [-0.39, 0.29) is 16.6 Å². The Morgan fingerprint density at radius 1 is 1.07 bits per heavy atom. The standard InChI is InChI=1S/C20H21N3O4S/c1-15-14-19(22-27-15)23-28(25,26)18-12-10-17(11-13-18)21-20(24)9-5-8-16-6-3-2-4-7-16/h2-4,6-7,10-14H,5,8-9H2,1H3,(H,21,24)(H,22,23). The summed E-state index contributed by atoms with van der Waals surface area (Å²) in [5.41, 5.74) is 1.74. The largest absolute Gasteiger partial charge is 0.360 e. The van der Waals surface area contributed by atoms with E-state index in [9.17, 15) is 13.2 Å². The van der Waals surface area contributed by atoms with Gasteiger partial charge in [0.15, 0.2) is 5.82 Å². The topological polar surface area (TPSA) is 101 Å². The van der Waals surface area contributed by atoms with E-state index in [1.165, 1.54) is 23.8 Å². The number of aryl methyl sites for hydroxylation is 2. The second-order valence-electron chi connectivity index (χ2n) is 6.34. The molecule has 0 unspecified atom stereocenters. The molecule has 0 bridgehead atoms. The van der Waals surface area contributed by atoms with Gasteiger partial charge in [-0.3, -0.25) is 9.52 Å². The minimum atomic E-state index is -3.78. The Morgan fingerprint density at radius 3 is 2.43 bits per heavy atom. The van der Waals surface area contributed by atoms with Crippen molar-refractivity contribution in [1.82, 2.24) is 5.16 Å². The van der Waals surface area contributed by atoms with E-state index in [4.69, 9.17) is 4.52 Å². The molecule has 0 aliphatic rings. The molecule has 0 saturated heterocycles. The first kappa shape index (κ1) is 19.6. The van der Waals surface area contributed by atoms with Crippen molar-refractivity contribution in [3.8, 4) is 0 Å². The van der Waals surface area contributed by atoms with Crippen LogP contribution < -0.4 is 10.0 Å². The van der Waals surface area contributed by atoms with E-state index in [0.29, 0.717) is 17.9 Å². The Morgan fingerprint density at radius 2 is 1.79 bits per heavy atom. The quantitative estimate of drug-likeness (QED) is 0.601. The maximum Gasteiger partial charge on any atom is 0.263 e. The molecule has 1 aromatic heterocycles. The van der Waals surface area contributed by atoms with Crippen LogP contribution in [0.25, 0.3) is 0 Å². The first-order valence-electron chi connectivity index (χ1n) is 8.82. The zero-order chi connectivity index (χ0) is 20.0. The van der Waals surface area contributed by atoms with Crippen molar-refractivity contribution in [3.63, 3.8) is 0 Å². The third-order valence-electron chi connectivity index (χ3n) is 4.03. The summed E-state index contributed by atoms with van der Waals surface area (Å²) in [7, 11) is -3.78. The Balaban J connectivity index is 1.52. The van der Waals surface area contributed by atoms with Crippen molar-refractivity contribution in [2.24, 2.45) is 0 Å². The first-order chi connectivity index (χ1) is 13.4. The molecule has 146 valence electrons. The molecule has 7 nitrogen and oxygen atoms in total. The van der Waals surface area contributed by atoms with E-state index in [2.05, 4.69) is 15.2 Å². The zero-order valence-electron chi connectivity index (χ0n) is 15.4. The van der Waals surface area contributed by atoms with Gasteiger partial charge in [0.05, 0.1) is 4.90 Å². The highest BCUT2D eigenvalue weighted by atomic mass is 32.2. The van der Waals surface area contributed by atoms with Gasteiger partial charge in [-0.15, -0.1) is 0 Å². The number of rotatable bonds is 8. The highest BCUT2D eigenvalue weighted by Crippen LogP contribution is 2.18. The van der Waals surface area contributed by atoms with Crippen molar-refractivity contribution >= 4 is 27.4 Å². The summed E-state index contributed by atoms with van der Waals surface area (Å²) in [5, 5.41) is 6.39. The summed E-state index contributed by atoms with van der Waals surface area (Å²) in [5.74, 6) is 0.513. The molecule has 0 saturated carbocycles. The lowest BCUT2D eigenvalue weighted by Crippen LogP contribution is -2.14. The molecular formula is C20H21N3O4S.